The van der Waals surface area contributed by atoms with Crippen molar-refractivity contribution in [3.63, 3.8) is 0 Å². The van der Waals surface area contributed by atoms with Gasteiger partial charge in [0.15, 0.2) is 5.76 Å². The van der Waals surface area contributed by atoms with Gasteiger partial charge in [0, 0.05) is 45.5 Å². The lowest BCUT2D eigenvalue weighted by Gasteiger charge is -2.29. The molecule has 6 heteroatoms. The van der Waals surface area contributed by atoms with Crippen LogP contribution in [0.5, 0.6) is 0 Å². The van der Waals surface area contributed by atoms with Crippen LogP contribution in [0.3, 0.4) is 0 Å². The van der Waals surface area contributed by atoms with Gasteiger partial charge >= 0.3 is 5.91 Å². The van der Waals surface area contributed by atoms with E-state index in [1.807, 2.05) is 28.2 Å². The van der Waals surface area contributed by atoms with Crippen LogP contribution in [0.1, 0.15) is 47.0 Å². The van der Waals surface area contributed by atoms with Gasteiger partial charge in [0.05, 0.1) is 18.0 Å². The zero-order valence-electron chi connectivity index (χ0n) is 20.8. The normalized spacial score (nSPS) is 20.5. The summed E-state index contributed by atoms with van der Waals surface area (Å²) in [7, 11) is 8.15. The van der Waals surface area contributed by atoms with Gasteiger partial charge in [-0.05, 0) is 78.4 Å². The Morgan fingerprint density at radius 1 is 0.971 bits per heavy atom. The first kappa shape index (κ1) is 23.0. The Hall–Kier alpha value is -3.80. The van der Waals surface area contributed by atoms with Crippen molar-refractivity contribution in [3.05, 3.63) is 89.4 Å². The van der Waals surface area contributed by atoms with E-state index >= 15 is 0 Å². The van der Waals surface area contributed by atoms with Crippen molar-refractivity contribution in [1.29, 1.82) is 0 Å². The number of anilines is 2. The number of hydrogen-bond acceptors (Lipinski definition) is 5. The van der Waals surface area contributed by atoms with Crippen LogP contribution in [0.25, 0.3) is 6.08 Å². The summed E-state index contributed by atoms with van der Waals surface area (Å²) in [5, 5.41) is 6.61. The van der Waals surface area contributed by atoms with E-state index < -0.39 is 0 Å². The predicted octanol–water partition coefficient (Wildman–Crippen LogP) is 5.85. The molecule has 5 rings (SSSR count). The van der Waals surface area contributed by atoms with Gasteiger partial charge in [-0.15, -0.1) is 0 Å². The molecule has 35 heavy (non-hydrogen) atoms. The lowest BCUT2D eigenvalue weighted by Crippen LogP contribution is -2.31. The molecule has 0 unspecified atom stereocenters. The summed E-state index contributed by atoms with van der Waals surface area (Å²) in [6, 6.07) is 20.3. The molecule has 0 N–H and O–H groups in total. The fourth-order valence-corrected chi connectivity index (χ4v) is 5.05. The molecule has 0 spiro atoms. The van der Waals surface area contributed by atoms with E-state index in [4.69, 9.17) is 9.52 Å². The van der Waals surface area contributed by atoms with Crippen molar-refractivity contribution < 1.29 is 9.21 Å². The molecular weight excluding hydrogens is 436 g/mol. The van der Waals surface area contributed by atoms with Crippen LogP contribution < -0.4 is 9.80 Å². The quantitative estimate of drug-likeness (QED) is 0.471. The maximum atomic E-state index is 13.5. The van der Waals surface area contributed by atoms with Crippen molar-refractivity contribution in [1.82, 2.24) is 5.01 Å². The van der Waals surface area contributed by atoms with Crippen LogP contribution in [0.4, 0.5) is 11.4 Å². The highest BCUT2D eigenvalue weighted by atomic mass is 16.3. The lowest BCUT2D eigenvalue weighted by molar-refractivity contribution is 0.0648. The summed E-state index contributed by atoms with van der Waals surface area (Å²) in [6.45, 7) is 0. The Morgan fingerprint density at radius 2 is 1.63 bits per heavy atom. The second-order valence-electron chi connectivity index (χ2n) is 9.70. The average Bonchev–Trinajstić information content (AvgIpc) is 3.53. The minimum Gasteiger partial charge on any atom is -0.459 e. The molecule has 1 aromatic heterocycles. The Labute approximate surface area is 207 Å². The third kappa shape index (κ3) is 4.48. The standard InChI is InChI=1S/C29H32N4O2/c1-31(2)23-14-10-20(11-15-23)19-22-7-5-8-25-27(22)30-33(29(34)26-9-6-18-35-26)28(25)21-12-16-24(17-13-21)32(3)4/h6,9-19,25,28H,5,7-8H2,1-4H3/b22-19-/t25-,28+/m1/s1. The van der Waals surface area contributed by atoms with Crippen LogP contribution >= 0.6 is 0 Å². The molecule has 2 heterocycles. The second-order valence-corrected chi connectivity index (χ2v) is 9.70. The Balaban J connectivity index is 1.53. The summed E-state index contributed by atoms with van der Waals surface area (Å²) in [6.07, 6.45) is 6.79. The molecule has 2 aromatic carbocycles. The van der Waals surface area contributed by atoms with Crippen molar-refractivity contribution in [2.24, 2.45) is 11.0 Å². The molecule has 1 aliphatic carbocycles. The van der Waals surface area contributed by atoms with Gasteiger partial charge in [-0.3, -0.25) is 4.79 Å². The first-order valence-corrected chi connectivity index (χ1v) is 12.1. The number of benzene rings is 2. The molecule has 1 fully saturated rings. The first-order valence-electron chi connectivity index (χ1n) is 12.1. The summed E-state index contributed by atoms with van der Waals surface area (Å²) >= 11 is 0. The van der Waals surface area contributed by atoms with Crippen LogP contribution in [-0.4, -0.2) is 44.8 Å². The number of carbonyl (C=O) groups is 1. The van der Waals surface area contributed by atoms with Gasteiger partial charge in [-0.2, -0.15) is 5.10 Å². The minimum atomic E-state index is -0.201. The number of allylic oxidation sites excluding steroid dienone is 1. The highest BCUT2D eigenvalue weighted by molar-refractivity contribution is 6.09. The lowest BCUT2D eigenvalue weighted by atomic mass is 9.77. The van der Waals surface area contributed by atoms with Crippen LogP contribution in [0.2, 0.25) is 0 Å². The largest absolute Gasteiger partial charge is 0.459 e. The molecular formula is C29H32N4O2. The van der Waals surface area contributed by atoms with Gasteiger partial charge in [0.1, 0.15) is 0 Å². The zero-order chi connectivity index (χ0) is 24.5. The van der Waals surface area contributed by atoms with Crippen molar-refractivity contribution >= 4 is 29.1 Å². The molecule has 1 saturated carbocycles. The monoisotopic (exact) mass is 468 g/mol. The molecule has 0 bridgehead atoms. The maximum absolute atomic E-state index is 13.5. The number of fused-ring (bicyclic) bond motifs is 1. The SMILES string of the molecule is CN(C)c1ccc(/C=C2/CCC[C@@H]3C2=NN(C(=O)c2ccco2)[C@H]3c2ccc(N(C)C)cc2)cc1. The fraction of sp³-hybridized carbons (Fsp3) is 0.310. The Morgan fingerprint density at radius 3 is 2.23 bits per heavy atom. The number of hydrazone groups is 1. The number of carbonyl (C=O) groups excluding carboxylic acids is 1. The molecule has 3 aromatic rings. The second kappa shape index (κ2) is 9.45. The third-order valence-electron chi connectivity index (χ3n) is 6.94. The van der Waals surface area contributed by atoms with Gasteiger partial charge in [0.2, 0.25) is 0 Å². The number of furan rings is 1. The van der Waals surface area contributed by atoms with Gasteiger partial charge < -0.3 is 14.2 Å². The summed E-state index contributed by atoms with van der Waals surface area (Å²) in [4.78, 5) is 17.6. The molecule has 2 aliphatic rings. The number of nitrogens with zero attached hydrogens (tertiary/aromatic N) is 4. The van der Waals surface area contributed by atoms with Gasteiger partial charge in [-0.1, -0.05) is 24.3 Å². The molecule has 0 saturated heterocycles. The zero-order valence-corrected chi connectivity index (χ0v) is 20.8. The fourth-order valence-electron chi connectivity index (χ4n) is 5.05. The smallest absolute Gasteiger partial charge is 0.310 e. The minimum absolute atomic E-state index is 0.153. The third-order valence-corrected chi connectivity index (χ3v) is 6.94. The van der Waals surface area contributed by atoms with E-state index in [0.717, 1.165) is 41.8 Å². The number of hydrogen-bond donors (Lipinski definition) is 0. The van der Waals surface area contributed by atoms with Crippen LogP contribution in [-0.2, 0) is 0 Å². The van der Waals surface area contributed by atoms with E-state index in [-0.39, 0.29) is 17.9 Å². The highest BCUT2D eigenvalue weighted by Gasteiger charge is 2.44. The Bertz CT molecular complexity index is 1240. The van der Waals surface area contributed by atoms with E-state index in [0.29, 0.717) is 5.76 Å². The van der Waals surface area contributed by atoms with E-state index in [1.165, 1.54) is 17.5 Å². The highest BCUT2D eigenvalue weighted by Crippen LogP contribution is 2.45. The van der Waals surface area contributed by atoms with E-state index in [1.54, 1.807) is 17.1 Å². The van der Waals surface area contributed by atoms with Gasteiger partial charge in [0.25, 0.3) is 0 Å². The van der Waals surface area contributed by atoms with Crippen molar-refractivity contribution in [2.75, 3.05) is 38.0 Å². The topological polar surface area (TPSA) is 52.3 Å². The molecule has 2 atom stereocenters. The molecule has 1 aliphatic heterocycles. The summed E-state index contributed by atoms with van der Waals surface area (Å²) in [5.74, 6) is 0.265. The Kier molecular flexibility index (Phi) is 6.20. The first-order chi connectivity index (χ1) is 16.9. The molecule has 0 radical (unpaired) electrons. The van der Waals surface area contributed by atoms with Gasteiger partial charge in [-0.25, -0.2) is 5.01 Å². The summed E-state index contributed by atoms with van der Waals surface area (Å²) < 4.78 is 5.46. The van der Waals surface area contributed by atoms with E-state index in [2.05, 4.69) is 64.4 Å². The molecule has 1 amide bonds. The predicted molar refractivity (Wildman–Crippen MR) is 142 cm³/mol. The average molecular weight is 469 g/mol. The van der Waals surface area contributed by atoms with Crippen molar-refractivity contribution in [3.8, 4) is 0 Å². The molecule has 180 valence electrons. The van der Waals surface area contributed by atoms with Crippen LogP contribution in [0.15, 0.2) is 82.0 Å². The molecule has 6 nitrogen and oxygen atoms in total. The van der Waals surface area contributed by atoms with Crippen molar-refractivity contribution in [2.45, 2.75) is 25.3 Å². The van der Waals surface area contributed by atoms with E-state index in [9.17, 15) is 4.79 Å². The summed E-state index contributed by atoms with van der Waals surface area (Å²) in [5.41, 5.74) is 6.77. The maximum Gasteiger partial charge on any atom is 0.310 e. The number of amides is 1. The van der Waals surface area contributed by atoms with Crippen LogP contribution in [0, 0.1) is 5.92 Å². The number of rotatable bonds is 5.